The fourth-order valence-electron chi connectivity index (χ4n) is 4.10. The summed E-state index contributed by atoms with van der Waals surface area (Å²) in [5, 5.41) is 11.9. The fourth-order valence-corrected chi connectivity index (χ4v) is 4.10. The molecule has 2 saturated heterocycles. The average molecular weight is 420 g/mol. The number of pyridine rings is 1. The smallest absolute Gasteiger partial charge is 0.168 e. The molecule has 2 aromatic heterocycles. The number of hydrogen-bond donors (Lipinski definition) is 2. The van der Waals surface area contributed by atoms with E-state index in [9.17, 15) is 0 Å². The lowest BCUT2D eigenvalue weighted by molar-refractivity contribution is 0.0839. The lowest BCUT2D eigenvalue weighted by Gasteiger charge is -2.24. The molecule has 2 aliphatic heterocycles. The first-order valence-corrected chi connectivity index (χ1v) is 10.6. The third-order valence-corrected chi connectivity index (χ3v) is 5.90. The normalized spacial score (nSPS) is 20.8. The van der Waals surface area contributed by atoms with Crippen LogP contribution in [-0.4, -0.2) is 47.1 Å². The maximum Gasteiger partial charge on any atom is 0.168 e. The quantitative estimate of drug-likeness (QED) is 0.740. The molecule has 0 bridgehead atoms. The first-order chi connectivity index (χ1) is 13.8. The maximum atomic E-state index is 6.33. The third kappa shape index (κ3) is 5.02. The van der Waals surface area contributed by atoms with E-state index in [0.29, 0.717) is 18.0 Å². The second-order valence-electron chi connectivity index (χ2n) is 8.12. The van der Waals surface area contributed by atoms with Crippen LogP contribution in [-0.2, 0) is 4.74 Å². The van der Waals surface area contributed by atoms with Gasteiger partial charge in [0.15, 0.2) is 5.75 Å². The molecule has 3 aliphatic rings. The molecule has 8 heteroatoms. The van der Waals surface area contributed by atoms with Crippen LogP contribution in [0.3, 0.4) is 0 Å². The van der Waals surface area contributed by atoms with Crippen LogP contribution in [0.25, 0.3) is 0 Å². The summed E-state index contributed by atoms with van der Waals surface area (Å²) in [5.74, 6) is 3.00. The molecule has 1 saturated carbocycles. The van der Waals surface area contributed by atoms with Crippen LogP contribution < -0.4 is 15.4 Å². The Balaban J connectivity index is 0.00000205. The zero-order chi connectivity index (χ0) is 18.8. The third-order valence-electron chi connectivity index (χ3n) is 5.90. The zero-order valence-electron chi connectivity index (χ0n) is 16.7. The minimum Gasteiger partial charge on any atom is -0.454 e. The average Bonchev–Trinajstić information content (AvgIpc) is 3.51. The van der Waals surface area contributed by atoms with Gasteiger partial charge in [0.1, 0.15) is 17.3 Å². The Hall–Kier alpha value is -1.83. The number of piperidine rings is 1. The summed E-state index contributed by atoms with van der Waals surface area (Å²) >= 11 is 0. The van der Waals surface area contributed by atoms with E-state index in [2.05, 4.69) is 26.5 Å². The van der Waals surface area contributed by atoms with Crippen molar-refractivity contribution in [3.63, 3.8) is 0 Å². The van der Waals surface area contributed by atoms with Crippen LogP contribution >= 0.6 is 12.4 Å². The van der Waals surface area contributed by atoms with Gasteiger partial charge in [0.25, 0.3) is 0 Å². The number of nitrogens with one attached hydrogen (secondary N) is 2. The molecule has 3 fully saturated rings. The van der Waals surface area contributed by atoms with Crippen molar-refractivity contribution in [2.24, 2.45) is 0 Å². The van der Waals surface area contributed by atoms with Crippen molar-refractivity contribution in [2.45, 2.75) is 56.5 Å². The maximum absolute atomic E-state index is 6.33. The zero-order valence-corrected chi connectivity index (χ0v) is 17.5. The molecular formula is C21H30ClN5O2. The second-order valence-corrected chi connectivity index (χ2v) is 8.12. The van der Waals surface area contributed by atoms with Crippen LogP contribution in [0.2, 0.25) is 0 Å². The molecule has 1 aliphatic carbocycles. The van der Waals surface area contributed by atoms with Crippen LogP contribution in [0.5, 0.6) is 11.5 Å². The SMILES string of the molecule is Cl.c1cc(Oc2cn(C3CC3)nc2C2CCOCC2)cc(NC2CCNCC2)n1. The molecule has 0 aromatic carbocycles. The van der Waals surface area contributed by atoms with E-state index in [1.165, 1.54) is 12.8 Å². The highest BCUT2D eigenvalue weighted by atomic mass is 35.5. The van der Waals surface area contributed by atoms with Gasteiger partial charge in [-0.05, 0) is 57.7 Å². The Labute approximate surface area is 178 Å². The summed E-state index contributed by atoms with van der Waals surface area (Å²) in [6.07, 6.45) is 10.6. The monoisotopic (exact) mass is 419 g/mol. The van der Waals surface area contributed by atoms with Gasteiger partial charge in [-0.15, -0.1) is 12.4 Å². The summed E-state index contributed by atoms with van der Waals surface area (Å²) in [6, 6.07) is 4.95. The molecule has 0 amide bonds. The number of nitrogens with zero attached hydrogens (tertiary/aromatic N) is 3. The number of hydrogen-bond acceptors (Lipinski definition) is 6. The molecule has 4 heterocycles. The summed E-state index contributed by atoms with van der Waals surface area (Å²) in [6.45, 7) is 3.73. The first-order valence-electron chi connectivity index (χ1n) is 10.6. The van der Waals surface area contributed by atoms with E-state index in [0.717, 1.165) is 75.0 Å². The Bertz CT molecular complexity index is 798. The van der Waals surface area contributed by atoms with E-state index in [-0.39, 0.29) is 12.4 Å². The van der Waals surface area contributed by atoms with Gasteiger partial charge in [0, 0.05) is 37.4 Å². The van der Waals surface area contributed by atoms with E-state index < -0.39 is 0 Å². The van der Waals surface area contributed by atoms with E-state index in [1.54, 1.807) is 0 Å². The summed E-state index contributed by atoms with van der Waals surface area (Å²) in [5.41, 5.74) is 1.08. The van der Waals surface area contributed by atoms with Crippen molar-refractivity contribution in [1.29, 1.82) is 0 Å². The van der Waals surface area contributed by atoms with Gasteiger partial charge in [-0.3, -0.25) is 4.68 Å². The highest BCUT2D eigenvalue weighted by molar-refractivity contribution is 5.85. The van der Waals surface area contributed by atoms with Gasteiger partial charge in [-0.1, -0.05) is 0 Å². The molecular weight excluding hydrogens is 390 g/mol. The Morgan fingerprint density at radius 2 is 1.90 bits per heavy atom. The molecule has 2 aromatic rings. The molecule has 0 radical (unpaired) electrons. The Morgan fingerprint density at radius 3 is 2.66 bits per heavy atom. The van der Waals surface area contributed by atoms with Crippen LogP contribution in [0.15, 0.2) is 24.5 Å². The van der Waals surface area contributed by atoms with Crippen molar-refractivity contribution in [2.75, 3.05) is 31.6 Å². The predicted octanol–water partition coefficient (Wildman–Crippen LogP) is 3.89. The number of anilines is 1. The van der Waals surface area contributed by atoms with Crippen molar-refractivity contribution in [3.05, 3.63) is 30.2 Å². The van der Waals surface area contributed by atoms with E-state index >= 15 is 0 Å². The van der Waals surface area contributed by atoms with Crippen molar-refractivity contribution >= 4 is 18.2 Å². The summed E-state index contributed by atoms with van der Waals surface area (Å²) in [7, 11) is 0. The van der Waals surface area contributed by atoms with Crippen LogP contribution in [0, 0.1) is 0 Å². The molecule has 158 valence electrons. The molecule has 0 spiro atoms. The number of aromatic nitrogens is 3. The largest absolute Gasteiger partial charge is 0.454 e. The molecule has 2 N–H and O–H groups in total. The molecule has 7 nitrogen and oxygen atoms in total. The van der Waals surface area contributed by atoms with Gasteiger partial charge < -0.3 is 20.1 Å². The highest BCUT2D eigenvalue weighted by Crippen LogP contribution is 2.40. The first kappa shape index (κ1) is 20.4. The number of rotatable bonds is 6. The fraction of sp³-hybridized carbons (Fsp3) is 0.619. The van der Waals surface area contributed by atoms with Crippen molar-refractivity contribution in [1.82, 2.24) is 20.1 Å². The van der Waals surface area contributed by atoms with Gasteiger partial charge in [-0.2, -0.15) is 5.10 Å². The predicted molar refractivity (Wildman–Crippen MR) is 114 cm³/mol. The lowest BCUT2D eigenvalue weighted by atomic mass is 9.96. The molecule has 0 atom stereocenters. The number of halogens is 1. The lowest BCUT2D eigenvalue weighted by Crippen LogP contribution is -2.35. The second kappa shape index (κ2) is 9.32. The summed E-state index contributed by atoms with van der Waals surface area (Å²) < 4.78 is 14.0. The van der Waals surface area contributed by atoms with Gasteiger partial charge in [0.2, 0.25) is 0 Å². The van der Waals surface area contributed by atoms with E-state index in [1.807, 2.05) is 18.3 Å². The molecule has 0 unspecified atom stereocenters. The van der Waals surface area contributed by atoms with Crippen molar-refractivity contribution < 1.29 is 9.47 Å². The molecule has 29 heavy (non-hydrogen) atoms. The van der Waals surface area contributed by atoms with Gasteiger partial charge in [0.05, 0.1) is 12.2 Å². The minimum atomic E-state index is 0. The topological polar surface area (TPSA) is 73.2 Å². The van der Waals surface area contributed by atoms with Crippen LogP contribution in [0.1, 0.15) is 56.2 Å². The van der Waals surface area contributed by atoms with Gasteiger partial charge >= 0.3 is 0 Å². The Morgan fingerprint density at radius 1 is 1.10 bits per heavy atom. The standard InChI is InChI=1S/C21H29N5O2.ClH/c1-2-17(1)26-14-19(21(25-26)15-6-11-27-12-7-15)28-18-5-10-23-20(13-18)24-16-3-8-22-9-4-16;/h5,10,13-17,22H,1-4,6-9,11-12H2,(H,23,24);1H. The highest BCUT2D eigenvalue weighted by Gasteiger charge is 2.29. The van der Waals surface area contributed by atoms with E-state index in [4.69, 9.17) is 14.6 Å². The van der Waals surface area contributed by atoms with Crippen molar-refractivity contribution in [3.8, 4) is 11.5 Å². The molecule has 5 rings (SSSR count). The number of ether oxygens (including phenoxy) is 2. The summed E-state index contributed by atoms with van der Waals surface area (Å²) in [4.78, 5) is 4.48. The minimum absolute atomic E-state index is 0. The van der Waals surface area contributed by atoms with Crippen LogP contribution in [0.4, 0.5) is 5.82 Å². The van der Waals surface area contributed by atoms with Gasteiger partial charge in [-0.25, -0.2) is 4.98 Å². The Kier molecular flexibility index (Phi) is 6.57.